The first-order chi connectivity index (χ1) is 11.7. The first-order valence-electron chi connectivity index (χ1n) is 9.58. The average Bonchev–Trinajstić information content (AvgIpc) is 2.63. The molecule has 0 amide bonds. The van der Waals surface area contributed by atoms with Crippen LogP contribution >= 0.6 is 0 Å². The Morgan fingerprint density at radius 3 is 2.29 bits per heavy atom. The Morgan fingerprint density at radius 1 is 0.958 bits per heavy atom. The first kappa shape index (κ1) is 17.6. The standard InChI is InChI=1S/C20H32N2O2/c1-16-4-7-18(8-5-16)22-12-10-21(11-13-22)15-17-6-9-19(23-2)14-20(17)24-3/h6,9,14,16,18H,4-5,7-8,10-13,15H2,1-3H3/p+2. The van der Waals surface area contributed by atoms with Crippen molar-refractivity contribution in [3.63, 3.8) is 0 Å². The molecular weight excluding hydrogens is 300 g/mol. The minimum atomic E-state index is 0.867. The molecule has 4 heteroatoms. The van der Waals surface area contributed by atoms with Crippen molar-refractivity contribution in [1.82, 2.24) is 0 Å². The van der Waals surface area contributed by atoms with Gasteiger partial charge in [0, 0.05) is 11.6 Å². The van der Waals surface area contributed by atoms with E-state index in [0.29, 0.717) is 0 Å². The lowest BCUT2D eigenvalue weighted by atomic mass is 9.86. The topological polar surface area (TPSA) is 27.3 Å². The highest BCUT2D eigenvalue weighted by Gasteiger charge is 2.32. The van der Waals surface area contributed by atoms with Gasteiger partial charge in [0.1, 0.15) is 44.2 Å². The van der Waals surface area contributed by atoms with Crippen LogP contribution < -0.4 is 19.3 Å². The van der Waals surface area contributed by atoms with E-state index in [9.17, 15) is 0 Å². The second-order valence-electron chi connectivity index (χ2n) is 7.72. The van der Waals surface area contributed by atoms with Gasteiger partial charge < -0.3 is 19.3 Å². The van der Waals surface area contributed by atoms with Crippen LogP contribution in [-0.4, -0.2) is 46.4 Å². The Bertz CT molecular complexity index is 518. The molecule has 0 aromatic heterocycles. The molecule has 1 saturated carbocycles. The lowest BCUT2D eigenvalue weighted by Crippen LogP contribution is -3.29. The number of quaternary nitrogens is 2. The van der Waals surface area contributed by atoms with Crippen molar-refractivity contribution in [2.24, 2.45) is 5.92 Å². The van der Waals surface area contributed by atoms with E-state index < -0.39 is 0 Å². The zero-order valence-corrected chi connectivity index (χ0v) is 15.6. The second-order valence-corrected chi connectivity index (χ2v) is 7.72. The van der Waals surface area contributed by atoms with Crippen LogP contribution in [-0.2, 0) is 6.54 Å². The molecule has 4 nitrogen and oxygen atoms in total. The Labute approximate surface area is 146 Å². The van der Waals surface area contributed by atoms with Gasteiger partial charge in [-0.2, -0.15) is 0 Å². The van der Waals surface area contributed by atoms with Gasteiger partial charge in [0.05, 0.1) is 20.3 Å². The summed E-state index contributed by atoms with van der Waals surface area (Å²) in [5, 5.41) is 0. The highest BCUT2D eigenvalue weighted by Crippen LogP contribution is 2.24. The summed E-state index contributed by atoms with van der Waals surface area (Å²) in [6.07, 6.45) is 5.76. The number of hydrogen-bond acceptors (Lipinski definition) is 2. The van der Waals surface area contributed by atoms with E-state index in [1.54, 1.807) is 19.1 Å². The molecule has 1 heterocycles. The van der Waals surface area contributed by atoms with Crippen molar-refractivity contribution in [2.75, 3.05) is 40.4 Å². The third kappa shape index (κ3) is 4.22. The number of hydrogen-bond donors (Lipinski definition) is 2. The van der Waals surface area contributed by atoms with Gasteiger partial charge in [-0.05, 0) is 43.7 Å². The van der Waals surface area contributed by atoms with E-state index in [1.807, 2.05) is 17.0 Å². The smallest absolute Gasteiger partial charge is 0.131 e. The molecule has 0 spiro atoms. The summed E-state index contributed by atoms with van der Waals surface area (Å²) >= 11 is 0. The van der Waals surface area contributed by atoms with Gasteiger partial charge in [0.25, 0.3) is 0 Å². The summed E-state index contributed by atoms with van der Waals surface area (Å²) in [5.74, 6) is 2.78. The summed E-state index contributed by atoms with van der Waals surface area (Å²) in [7, 11) is 3.45. The first-order valence-corrected chi connectivity index (χ1v) is 9.58. The van der Waals surface area contributed by atoms with Gasteiger partial charge in [-0.1, -0.05) is 6.92 Å². The van der Waals surface area contributed by atoms with E-state index in [4.69, 9.17) is 9.47 Å². The number of methoxy groups -OCH3 is 2. The molecule has 0 bridgehead atoms. The van der Waals surface area contributed by atoms with Gasteiger partial charge in [0.15, 0.2) is 0 Å². The highest BCUT2D eigenvalue weighted by molar-refractivity contribution is 5.40. The fourth-order valence-electron chi connectivity index (χ4n) is 4.45. The highest BCUT2D eigenvalue weighted by atomic mass is 16.5. The van der Waals surface area contributed by atoms with E-state index in [1.165, 1.54) is 57.4 Å². The van der Waals surface area contributed by atoms with E-state index >= 15 is 0 Å². The molecule has 24 heavy (non-hydrogen) atoms. The Morgan fingerprint density at radius 2 is 1.67 bits per heavy atom. The van der Waals surface area contributed by atoms with Crippen molar-refractivity contribution in [3.05, 3.63) is 23.8 Å². The molecule has 0 atom stereocenters. The van der Waals surface area contributed by atoms with Crippen LogP contribution in [0.3, 0.4) is 0 Å². The zero-order chi connectivity index (χ0) is 16.9. The van der Waals surface area contributed by atoms with Crippen LogP contribution in [0.4, 0.5) is 0 Å². The van der Waals surface area contributed by atoms with Gasteiger partial charge in [-0.25, -0.2) is 0 Å². The van der Waals surface area contributed by atoms with Crippen molar-refractivity contribution in [2.45, 2.75) is 45.2 Å². The molecule has 2 aliphatic rings. The van der Waals surface area contributed by atoms with Crippen LogP contribution in [0, 0.1) is 5.92 Å². The maximum absolute atomic E-state index is 5.56. The fraction of sp³-hybridized carbons (Fsp3) is 0.700. The SMILES string of the molecule is COc1ccc(C[NH+]2CC[NH+](C3CCC(C)CC3)CC2)c(OC)c1. The molecular formula is C20H34N2O2+2. The van der Waals surface area contributed by atoms with Gasteiger partial charge >= 0.3 is 0 Å². The normalized spacial score (nSPS) is 30.8. The summed E-state index contributed by atoms with van der Waals surface area (Å²) < 4.78 is 10.9. The summed E-state index contributed by atoms with van der Waals surface area (Å²) in [6.45, 7) is 8.67. The molecule has 0 radical (unpaired) electrons. The zero-order valence-electron chi connectivity index (χ0n) is 15.6. The van der Waals surface area contributed by atoms with Crippen LogP contribution in [0.15, 0.2) is 18.2 Å². The molecule has 1 saturated heterocycles. The molecule has 2 N–H and O–H groups in total. The van der Waals surface area contributed by atoms with Crippen molar-refractivity contribution in [3.8, 4) is 11.5 Å². The molecule has 2 fully saturated rings. The Kier molecular flexibility index (Phi) is 6.01. The van der Waals surface area contributed by atoms with Crippen LogP contribution in [0.25, 0.3) is 0 Å². The molecule has 1 aromatic carbocycles. The molecule has 3 rings (SSSR count). The Balaban J connectivity index is 1.52. The lowest BCUT2D eigenvalue weighted by Gasteiger charge is -2.37. The third-order valence-electron chi connectivity index (χ3n) is 6.13. The number of piperazine rings is 1. The van der Waals surface area contributed by atoms with Crippen molar-refractivity contribution >= 4 is 0 Å². The lowest BCUT2D eigenvalue weighted by molar-refractivity contribution is -1.03. The maximum atomic E-state index is 5.56. The van der Waals surface area contributed by atoms with Crippen molar-refractivity contribution in [1.29, 1.82) is 0 Å². The fourth-order valence-corrected chi connectivity index (χ4v) is 4.45. The summed E-state index contributed by atoms with van der Waals surface area (Å²) in [6, 6.07) is 7.13. The van der Waals surface area contributed by atoms with Gasteiger partial charge in [0.2, 0.25) is 0 Å². The van der Waals surface area contributed by atoms with Crippen molar-refractivity contribution < 1.29 is 19.3 Å². The van der Waals surface area contributed by atoms with Crippen LogP contribution in [0.1, 0.15) is 38.2 Å². The minimum absolute atomic E-state index is 0.867. The number of rotatable bonds is 5. The number of nitrogens with one attached hydrogen (secondary N) is 2. The second kappa shape index (κ2) is 8.21. The van der Waals surface area contributed by atoms with E-state index in [0.717, 1.165) is 30.0 Å². The van der Waals surface area contributed by atoms with Crippen LogP contribution in [0.2, 0.25) is 0 Å². The molecule has 1 aromatic rings. The predicted molar refractivity (Wildman–Crippen MR) is 96.1 cm³/mol. The molecule has 1 aliphatic heterocycles. The molecule has 134 valence electrons. The minimum Gasteiger partial charge on any atom is -0.497 e. The summed E-state index contributed by atoms with van der Waals surface area (Å²) in [4.78, 5) is 3.55. The number of ether oxygens (including phenoxy) is 2. The molecule has 1 aliphatic carbocycles. The maximum Gasteiger partial charge on any atom is 0.131 e. The van der Waals surface area contributed by atoms with Gasteiger partial charge in [-0.3, -0.25) is 0 Å². The van der Waals surface area contributed by atoms with Crippen LogP contribution in [0.5, 0.6) is 11.5 Å². The van der Waals surface area contributed by atoms with E-state index in [-0.39, 0.29) is 0 Å². The average molecular weight is 335 g/mol. The predicted octanol–water partition coefficient (Wildman–Crippen LogP) is 0.566. The Hall–Kier alpha value is -1.26. The van der Waals surface area contributed by atoms with E-state index in [2.05, 4.69) is 13.0 Å². The van der Waals surface area contributed by atoms with Gasteiger partial charge in [-0.15, -0.1) is 0 Å². The monoisotopic (exact) mass is 334 g/mol. The molecule has 0 unspecified atom stereocenters. The quantitative estimate of drug-likeness (QED) is 0.824. The third-order valence-corrected chi connectivity index (χ3v) is 6.13. The largest absolute Gasteiger partial charge is 0.497 e. The number of benzene rings is 1. The summed E-state index contributed by atoms with van der Waals surface area (Å²) in [5.41, 5.74) is 1.29.